The molecule has 6 nitrogen and oxygen atoms in total. The number of hydrogen-bond acceptors (Lipinski definition) is 4. The highest BCUT2D eigenvalue weighted by atomic mass is 16.5. The summed E-state index contributed by atoms with van der Waals surface area (Å²) in [6.07, 6.45) is 1.80. The third-order valence-electron chi connectivity index (χ3n) is 4.56. The monoisotopic (exact) mass is 377 g/mol. The van der Waals surface area contributed by atoms with Crippen LogP contribution in [-0.4, -0.2) is 43.0 Å². The van der Waals surface area contributed by atoms with Gasteiger partial charge >= 0.3 is 6.03 Å². The highest BCUT2D eigenvalue weighted by Gasteiger charge is 2.38. The molecule has 2 rings (SSSR count). The van der Waals surface area contributed by atoms with Gasteiger partial charge in [-0.15, -0.1) is 0 Å². The van der Waals surface area contributed by atoms with Crippen LogP contribution in [0.2, 0.25) is 0 Å². The summed E-state index contributed by atoms with van der Waals surface area (Å²) in [4.78, 5) is 12.5. The molecule has 152 valence electrons. The van der Waals surface area contributed by atoms with Crippen LogP contribution in [0.4, 0.5) is 10.5 Å². The van der Waals surface area contributed by atoms with E-state index in [1.54, 1.807) is 0 Å². The van der Waals surface area contributed by atoms with Crippen molar-refractivity contribution in [3.05, 3.63) is 29.8 Å². The molecule has 1 heterocycles. The van der Waals surface area contributed by atoms with Crippen LogP contribution in [-0.2, 0) is 16.1 Å². The predicted molar refractivity (Wildman–Crippen MR) is 109 cm³/mol. The Morgan fingerprint density at radius 2 is 1.81 bits per heavy atom. The van der Waals surface area contributed by atoms with Gasteiger partial charge in [-0.25, -0.2) is 4.79 Å². The Bertz CT molecular complexity index is 600. The minimum Gasteiger partial charge on any atom is -0.379 e. The SMILES string of the molecule is CCOCCOCc1cccc(NC(=O)NC2CC(C)(C)NC(C)(C)C2)c1. The Kier molecular flexibility index (Phi) is 7.65. The van der Waals surface area contributed by atoms with E-state index in [2.05, 4.69) is 43.6 Å². The van der Waals surface area contributed by atoms with Crippen LogP contribution >= 0.6 is 0 Å². The second-order valence-electron chi connectivity index (χ2n) is 8.55. The molecule has 6 heteroatoms. The van der Waals surface area contributed by atoms with E-state index >= 15 is 0 Å². The van der Waals surface area contributed by atoms with Crippen LogP contribution in [0.1, 0.15) is 53.0 Å². The molecule has 1 aromatic rings. The molecule has 2 amide bonds. The number of carbonyl (C=O) groups is 1. The molecule has 3 N–H and O–H groups in total. The predicted octanol–water partition coefficient (Wildman–Crippen LogP) is 3.67. The van der Waals surface area contributed by atoms with Crippen LogP contribution in [0.3, 0.4) is 0 Å². The molecule has 1 aliphatic heterocycles. The Balaban J connectivity index is 1.84. The zero-order valence-corrected chi connectivity index (χ0v) is 17.4. The maximum atomic E-state index is 12.5. The van der Waals surface area contributed by atoms with Gasteiger partial charge in [0.1, 0.15) is 0 Å². The van der Waals surface area contributed by atoms with Crippen molar-refractivity contribution in [3.8, 4) is 0 Å². The van der Waals surface area contributed by atoms with E-state index in [0.29, 0.717) is 26.4 Å². The zero-order chi connectivity index (χ0) is 19.9. The van der Waals surface area contributed by atoms with Crippen LogP contribution in [0, 0.1) is 0 Å². The van der Waals surface area contributed by atoms with Gasteiger partial charge in [0.25, 0.3) is 0 Å². The minimum absolute atomic E-state index is 0.00155. The lowest BCUT2D eigenvalue weighted by molar-refractivity contribution is 0.0453. The lowest BCUT2D eigenvalue weighted by Crippen LogP contribution is -2.62. The summed E-state index contributed by atoms with van der Waals surface area (Å²) in [5.41, 5.74) is 1.79. The second-order valence-corrected chi connectivity index (χ2v) is 8.55. The van der Waals surface area contributed by atoms with Crippen molar-refractivity contribution in [1.82, 2.24) is 10.6 Å². The number of rotatable bonds is 8. The molecule has 0 aromatic heterocycles. The van der Waals surface area contributed by atoms with Gasteiger partial charge in [0.05, 0.1) is 19.8 Å². The number of hydrogen-bond donors (Lipinski definition) is 3. The molecule has 1 saturated heterocycles. The van der Waals surface area contributed by atoms with Crippen LogP contribution in [0.5, 0.6) is 0 Å². The first-order valence-corrected chi connectivity index (χ1v) is 9.80. The van der Waals surface area contributed by atoms with E-state index in [1.807, 2.05) is 31.2 Å². The molecule has 0 saturated carbocycles. The van der Waals surface area contributed by atoms with Gasteiger partial charge in [-0.3, -0.25) is 0 Å². The number of nitrogens with one attached hydrogen (secondary N) is 3. The molecule has 0 atom stereocenters. The number of benzene rings is 1. The van der Waals surface area contributed by atoms with Gasteiger partial charge in [0, 0.05) is 29.4 Å². The van der Waals surface area contributed by atoms with Crippen molar-refractivity contribution in [2.45, 2.75) is 71.2 Å². The van der Waals surface area contributed by atoms with Gasteiger partial charge in [-0.1, -0.05) is 12.1 Å². The quantitative estimate of drug-likeness (QED) is 0.605. The summed E-state index contributed by atoms with van der Waals surface area (Å²) in [6, 6.07) is 7.72. The fraction of sp³-hybridized carbons (Fsp3) is 0.667. The Hall–Kier alpha value is -1.63. The fourth-order valence-electron chi connectivity index (χ4n) is 3.97. The average molecular weight is 378 g/mol. The first kappa shape index (κ1) is 21.7. The number of piperidine rings is 1. The Morgan fingerprint density at radius 1 is 1.15 bits per heavy atom. The molecule has 1 fully saturated rings. The maximum Gasteiger partial charge on any atom is 0.319 e. The molecule has 27 heavy (non-hydrogen) atoms. The van der Waals surface area contributed by atoms with E-state index in [4.69, 9.17) is 9.47 Å². The van der Waals surface area contributed by atoms with Crippen LogP contribution in [0.25, 0.3) is 0 Å². The van der Waals surface area contributed by atoms with Crippen molar-refractivity contribution < 1.29 is 14.3 Å². The van der Waals surface area contributed by atoms with Gasteiger partial charge in [0.15, 0.2) is 0 Å². The summed E-state index contributed by atoms with van der Waals surface area (Å²) in [7, 11) is 0. The second kappa shape index (κ2) is 9.53. The summed E-state index contributed by atoms with van der Waals surface area (Å²) in [5.74, 6) is 0. The van der Waals surface area contributed by atoms with Crippen molar-refractivity contribution >= 4 is 11.7 Å². The number of carbonyl (C=O) groups excluding carboxylic acids is 1. The molecule has 1 aliphatic rings. The van der Waals surface area contributed by atoms with Gasteiger partial charge in [-0.05, 0) is 65.2 Å². The molecule has 0 unspecified atom stereocenters. The molecule has 0 radical (unpaired) electrons. The molecule has 0 aliphatic carbocycles. The third-order valence-corrected chi connectivity index (χ3v) is 4.56. The first-order valence-electron chi connectivity index (χ1n) is 9.80. The summed E-state index contributed by atoms with van der Waals surface area (Å²) in [6.45, 7) is 13.0. The van der Waals surface area contributed by atoms with Gasteiger partial charge in [-0.2, -0.15) is 0 Å². The summed E-state index contributed by atoms with van der Waals surface area (Å²) < 4.78 is 10.8. The summed E-state index contributed by atoms with van der Waals surface area (Å²) in [5, 5.41) is 9.70. The van der Waals surface area contributed by atoms with Crippen molar-refractivity contribution in [2.24, 2.45) is 0 Å². The van der Waals surface area contributed by atoms with Gasteiger partial charge < -0.3 is 25.4 Å². The van der Waals surface area contributed by atoms with Crippen molar-refractivity contribution in [1.29, 1.82) is 0 Å². The average Bonchev–Trinajstić information content (AvgIpc) is 2.51. The maximum absolute atomic E-state index is 12.5. The van der Waals surface area contributed by atoms with Gasteiger partial charge in [0.2, 0.25) is 0 Å². The van der Waals surface area contributed by atoms with E-state index in [0.717, 1.165) is 24.1 Å². The number of ether oxygens (including phenoxy) is 2. The first-order chi connectivity index (χ1) is 12.7. The highest BCUT2D eigenvalue weighted by molar-refractivity contribution is 5.89. The lowest BCUT2D eigenvalue weighted by Gasteiger charge is -2.46. The molecule has 1 aromatic carbocycles. The van der Waals surface area contributed by atoms with E-state index in [-0.39, 0.29) is 23.2 Å². The largest absolute Gasteiger partial charge is 0.379 e. The topological polar surface area (TPSA) is 71.6 Å². The van der Waals surface area contributed by atoms with Crippen molar-refractivity contribution in [2.75, 3.05) is 25.1 Å². The van der Waals surface area contributed by atoms with Crippen LogP contribution < -0.4 is 16.0 Å². The number of amides is 2. The number of anilines is 1. The molecule has 0 bridgehead atoms. The fourth-order valence-corrected chi connectivity index (χ4v) is 3.97. The van der Waals surface area contributed by atoms with Crippen LogP contribution in [0.15, 0.2) is 24.3 Å². The smallest absolute Gasteiger partial charge is 0.319 e. The lowest BCUT2D eigenvalue weighted by atomic mass is 9.80. The minimum atomic E-state index is -0.164. The van der Waals surface area contributed by atoms with E-state index in [1.165, 1.54) is 0 Å². The molecular weight excluding hydrogens is 342 g/mol. The van der Waals surface area contributed by atoms with Crippen molar-refractivity contribution in [3.63, 3.8) is 0 Å². The molecule has 0 spiro atoms. The van der Waals surface area contributed by atoms with E-state index < -0.39 is 0 Å². The zero-order valence-electron chi connectivity index (χ0n) is 17.4. The summed E-state index contributed by atoms with van der Waals surface area (Å²) >= 11 is 0. The van der Waals surface area contributed by atoms with E-state index in [9.17, 15) is 4.79 Å². The normalized spacial score (nSPS) is 18.9. The Morgan fingerprint density at radius 3 is 2.48 bits per heavy atom. The molecular formula is C21H35N3O3. The standard InChI is InChI=1S/C21H35N3O3/c1-6-26-10-11-27-15-16-8-7-9-17(12-16)22-19(25)23-18-13-20(2,3)24-21(4,5)14-18/h7-9,12,18,24H,6,10-11,13-15H2,1-5H3,(H2,22,23,25). The Labute approximate surface area is 163 Å². The highest BCUT2D eigenvalue weighted by Crippen LogP contribution is 2.28. The number of urea groups is 1. The third kappa shape index (κ3) is 7.87.